The fraction of sp³-hybridized carbons (Fsp3) is 0.278. The second-order valence-electron chi connectivity index (χ2n) is 5.11. The van der Waals surface area contributed by atoms with Gasteiger partial charge >= 0.3 is 0 Å². The third-order valence-electron chi connectivity index (χ3n) is 3.40. The number of amides is 1. The Labute approximate surface area is 149 Å². The number of para-hydroxylation sites is 1. The fourth-order valence-corrected chi connectivity index (χ4v) is 3.53. The van der Waals surface area contributed by atoms with Crippen molar-refractivity contribution in [3.8, 4) is 5.75 Å². The van der Waals surface area contributed by atoms with Crippen LogP contribution in [0.2, 0.25) is 0 Å². The standard InChI is InChI=1S/C18H20BrNO2S/c1-13-11-15(19)7-8-17(13)23-12-18(21)20-10-9-14-5-3-4-6-16(14)22-2/h3-8,11H,9-10,12H2,1-2H3,(H,20,21). The summed E-state index contributed by atoms with van der Waals surface area (Å²) in [4.78, 5) is 13.1. The molecule has 0 aliphatic carbocycles. The van der Waals surface area contributed by atoms with Gasteiger partial charge in [-0.2, -0.15) is 0 Å². The second kappa shape index (κ2) is 8.99. The van der Waals surface area contributed by atoms with Gasteiger partial charge in [0, 0.05) is 15.9 Å². The minimum atomic E-state index is 0.0483. The predicted molar refractivity (Wildman–Crippen MR) is 99.3 cm³/mol. The van der Waals surface area contributed by atoms with Crippen molar-refractivity contribution in [1.82, 2.24) is 5.32 Å². The number of carbonyl (C=O) groups is 1. The van der Waals surface area contributed by atoms with E-state index < -0.39 is 0 Å². The van der Waals surface area contributed by atoms with Crippen molar-refractivity contribution >= 4 is 33.6 Å². The number of methoxy groups -OCH3 is 1. The van der Waals surface area contributed by atoms with Crippen LogP contribution >= 0.6 is 27.7 Å². The van der Waals surface area contributed by atoms with Crippen LogP contribution in [0.15, 0.2) is 51.8 Å². The summed E-state index contributed by atoms with van der Waals surface area (Å²) >= 11 is 5.01. The molecule has 3 nitrogen and oxygen atoms in total. The molecule has 0 bridgehead atoms. The number of thioether (sulfide) groups is 1. The van der Waals surface area contributed by atoms with Crippen LogP contribution in [0.25, 0.3) is 0 Å². The predicted octanol–water partition coefficient (Wildman–Crippen LogP) is 4.22. The molecular formula is C18H20BrNO2S. The van der Waals surface area contributed by atoms with Crippen LogP contribution in [0.3, 0.4) is 0 Å². The summed E-state index contributed by atoms with van der Waals surface area (Å²) < 4.78 is 6.37. The number of ether oxygens (including phenoxy) is 1. The molecule has 0 aliphatic rings. The van der Waals surface area contributed by atoms with E-state index in [1.807, 2.05) is 43.3 Å². The Bertz CT molecular complexity index is 676. The summed E-state index contributed by atoms with van der Waals surface area (Å²) in [5.41, 5.74) is 2.28. The quantitative estimate of drug-likeness (QED) is 0.715. The zero-order chi connectivity index (χ0) is 16.7. The fourth-order valence-electron chi connectivity index (χ4n) is 2.22. The van der Waals surface area contributed by atoms with Gasteiger partial charge in [-0.05, 0) is 48.7 Å². The molecule has 0 unspecified atom stereocenters. The molecule has 0 atom stereocenters. The number of halogens is 1. The maximum absolute atomic E-state index is 12.0. The first-order chi connectivity index (χ1) is 11.1. The smallest absolute Gasteiger partial charge is 0.230 e. The molecule has 0 saturated heterocycles. The highest BCUT2D eigenvalue weighted by molar-refractivity contribution is 9.10. The Balaban J connectivity index is 1.77. The summed E-state index contributed by atoms with van der Waals surface area (Å²) in [6.45, 7) is 2.66. The number of rotatable bonds is 7. The normalized spacial score (nSPS) is 10.4. The van der Waals surface area contributed by atoms with Crippen molar-refractivity contribution in [2.75, 3.05) is 19.4 Å². The highest BCUT2D eigenvalue weighted by Crippen LogP contribution is 2.25. The van der Waals surface area contributed by atoms with Crippen LogP contribution in [-0.2, 0) is 11.2 Å². The van der Waals surface area contributed by atoms with E-state index in [2.05, 4.69) is 27.3 Å². The van der Waals surface area contributed by atoms with Gasteiger partial charge in [-0.25, -0.2) is 0 Å². The topological polar surface area (TPSA) is 38.3 Å². The highest BCUT2D eigenvalue weighted by Gasteiger charge is 2.06. The van der Waals surface area contributed by atoms with Crippen LogP contribution in [-0.4, -0.2) is 25.3 Å². The zero-order valence-corrected chi connectivity index (χ0v) is 15.7. The summed E-state index contributed by atoms with van der Waals surface area (Å²) in [6, 6.07) is 14.0. The first kappa shape index (κ1) is 17.9. The molecule has 0 aromatic heterocycles. The Kier molecular flexibility index (Phi) is 6.99. The van der Waals surface area contributed by atoms with E-state index in [1.54, 1.807) is 18.9 Å². The molecule has 1 amide bonds. The van der Waals surface area contributed by atoms with Crippen LogP contribution in [0, 0.1) is 6.92 Å². The first-order valence-electron chi connectivity index (χ1n) is 7.37. The SMILES string of the molecule is COc1ccccc1CCNC(=O)CSc1ccc(Br)cc1C. The third kappa shape index (κ3) is 5.59. The van der Waals surface area contributed by atoms with Crippen molar-refractivity contribution in [2.45, 2.75) is 18.2 Å². The molecule has 5 heteroatoms. The van der Waals surface area contributed by atoms with Crippen LogP contribution in [0.5, 0.6) is 5.75 Å². The van der Waals surface area contributed by atoms with Gasteiger partial charge in [0.05, 0.1) is 12.9 Å². The van der Waals surface area contributed by atoms with Crippen molar-refractivity contribution in [1.29, 1.82) is 0 Å². The van der Waals surface area contributed by atoms with Gasteiger partial charge in [-0.15, -0.1) is 11.8 Å². The molecular weight excluding hydrogens is 374 g/mol. The minimum Gasteiger partial charge on any atom is -0.496 e. The van der Waals surface area contributed by atoms with Crippen LogP contribution in [0.1, 0.15) is 11.1 Å². The summed E-state index contributed by atoms with van der Waals surface area (Å²) in [7, 11) is 1.66. The molecule has 0 fully saturated rings. The number of hydrogen-bond donors (Lipinski definition) is 1. The largest absolute Gasteiger partial charge is 0.496 e. The van der Waals surface area contributed by atoms with Crippen molar-refractivity contribution in [3.05, 3.63) is 58.1 Å². The number of hydrogen-bond acceptors (Lipinski definition) is 3. The van der Waals surface area contributed by atoms with Gasteiger partial charge in [0.1, 0.15) is 5.75 Å². The van der Waals surface area contributed by atoms with E-state index in [1.165, 1.54) is 5.56 Å². The first-order valence-corrected chi connectivity index (χ1v) is 9.15. The maximum Gasteiger partial charge on any atom is 0.230 e. The van der Waals surface area contributed by atoms with Gasteiger partial charge in [-0.1, -0.05) is 34.1 Å². The molecule has 1 N–H and O–H groups in total. The highest BCUT2D eigenvalue weighted by atomic mass is 79.9. The van der Waals surface area contributed by atoms with E-state index in [-0.39, 0.29) is 5.91 Å². The summed E-state index contributed by atoms with van der Waals surface area (Å²) in [5.74, 6) is 1.34. The molecule has 0 saturated carbocycles. The van der Waals surface area contributed by atoms with Gasteiger partial charge in [0.15, 0.2) is 0 Å². The average molecular weight is 394 g/mol. The summed E-state index contributed by atoms with van der Waals surface area (Å²) in [6.07, 6.45) is 0.762. The lowest BCUT2D eigenvalue weighted by Gasteiger charge is -2.09. The monoisotopic (exact) mass is 393 g/mol. The number of carbonyl (C=O) groups excluding carboxylic acids is 1. The molecule has 0 aliphatic heterocycles. The van der Waals surface area contributed by atoms with E-state index in [0.29, 0.717) is 12.3 Å². The second-order valence-corrected chi connectivity index (χ2v) is 7.04. The Morgan fingerprint density at radius 3 is 2.78 bits per heavy atom. The van der Waals surface area contributed by atoms with E-state index >= 15 is 0 Å². The van der Waals surface area contributed by atoms with Gasteiger partial charge < -0.3 is 10.1 Å². The van der Waals surface area contributed by atoms with Crippen molar-refractivity contribution in [2.24, 2.45) is 0 Å². The van der Waals surface area contributed by atoms with Crippen LogP contribution in [0.4, 0.5) is 0 Å². The lowest BCUT2D eigenvalue weighted by Crippen LogP contribution is -2.27. The lowest BCUT2D eigenvalue weighted by molar-refractivity contribution is -0.118. The Hall–Kier alpha value is -1.46. The number of aryl methyl sites for hydroxylation is 1. The summed E-state index contributed by atoms with van der Waals surface area (Å²) in [5, 5.41) is 2.96. The molecule has 2 aromatic rings. The van der Waals surface area contributed by atoms with Crippen LogP contribution < -0.4 is 10.1 Å². The van der Waals surface area contributed by atoms with E-state index in [4.69, 9.17) is 4.74 Å². The zero-order valence-electron chi connectivity index (χ0n) is 13.3. The molecule has 0 heterocycles. The minimum absolute atomic E-state index is 0.0483. The third-order valence-corrected chi connectivity index (χ3v) is 5.07. The van der Waals surface area contributed by atoms with E-state index in [0.717, 1.165) is 27.1 Å². The Morgan fingerprint density at radius 1 is 1.26 bits per heavy atom. The molecule has 23 heavy (non-hydrogen) atoms. The Morgan fingerprint density at radius 2 is 2.04 bits per heavy atom. The molecule has 2 rings (SSSR count). The molecule has 0 radical (unpaired) electrons. The number of benzene rings is 2. The molecule has 0 spiro atoms. The molecule has 122 valence electrons. The molecule has 2 aromatic carbocycles. The van der Waals surface area contributed by atoms with Gasteiger partial charge in [-0.3, -0.25) is 4.79 Å². The average Bonchev–Trinajstić information content (AvgIpc) is 2.54. The maximum atomic E-state index is 12.0. The number of nitrogens with one attached hydrogen (secondary N) is 1. The van der Waals surface area contributed by atoms with Gasteiger partial charge in [0.2, 0.25) is 5.91 Å². The van der Waals surface area contributed by atoms with Gasteiger partial charge in [0.25, 0.3) is 0 Å². The van der Waals surface area contributed by atoms with Crippen molar-refractivity contribution < 1.29 is 9.53 Å². The van der Waals surface area contributed by atoms with Crippen molar-refractivity contribution in [3.63, 3.8) is 0 Å². The lowest BCUT2D eigenvalue weighted by atomic mass is 10.1. The van der Waals surface area contributed by atoms with E-state index in [9.17, 15) is 4.79 Å².